The first-order valence-corrected chi connectivity index (χ1v) is 11.5. The van der Waals surface area contributed by atoms with Crippen LogP contribution in [0.15, 0.2) is 24.3 Å². The summed E-state index contributed by atoms with van der Waals surface area (Å²) in [5, 5.41) is 0.890. The van der Waals surface area contributed by atoms with Crippen LogP contribution in [0.1, 0.15) is 73.6 Å². The average molecular weight is 427 g/mol. The maximum atomic E-state index is 12.8. The Morgan fingerprint density at radius 1 is 1.00 bits per heavy atom. The molecule has 4 aliphatic heterocycles. The number of hydroxylamine groups is 2. The molecule has 7 nitrogen and oxygen atoms in total. The second-order valence-electron chi connectivity index (χ2n) is 10.4. The van der Waals surface area contributed by atoms with Gasteiger partial charge < -0.3 is 4.74 Å². The van der Waals surface area contributed by atoms with E-state index in [1.807, 2.05) is 0 Å². The third-order valence-electron chi connectivity index (χ3n) is 8.60. The highest BCUT2D eigenvalue weighted by atomic mass is 17.2. The van der Waals surface area contributed by atoms with Crippen molar-refractivity contribution in [1.82, 2.24) is 5.06 Å². The molecule has 4 heterocycles. The van der Waals surface area contributed by atoms with Crippen molar-refractivity contribution in [3.05, 3.63) is 35.4 Å². The van der Waals surface area contributed by atoms with E-state index in [4.69, 9.17) is 19.3 Å². The number of benzene rings is 1. The van der Waals surface area contributed by atoms with Crippen LogP contribution in [0.5, 0.6) is 0 Å². The molecule has 31 heavy (non-hydrogen) atoms. The van der Waals surface area contributed by atoms with Crippen molar-refractivity contribution in [2.45, 2.75) is 76.5 Å². The maximum absolute atomic E-state index is 12.8. The normalized spacial score (nSPS) is 46.0. The first-order chi connectivity index (χ1) is 14.8. The summed E-state index contributed by atoms with van der Waals surface area (Å²) >= 11 is 0. The van der Waals surface area contributed by atoms with E-state index >= 15 is 0 Å². The van der Waals surface area contributed by atoms with E-state index in [0.717, 1.165) is 37.2 Å². The summed E-state index contributed by atoms with van der Waals surface area (Å²) in [5.74, 6) is 0.161. The Hall–Kier alpha value is -1.80. The van der Waals surface area contributed by atoms with E-state index < -0.39 is 29.3 Å². The van der Waals surface area contributed by atoms with E-state index in [9.17, 15) is 9.59 Å². The van der Waals surface area contributed by atoms with Crippen LogP contribution in [0.25, 0.3) is 0 Å². The number of amides is 2. The molecule has 1 spiro atoms. The highest BCUT2D eigenvalue weighted by Gasteiger charge is 2.68. The first kappa shape index (κ1) is 19.9. The standard InChI is InChI=1S/C24H29NO6/c1-13-8-9-18-14(2)22(29-25-20(26)15-6-4-5-7-16(15)21(25)27)28-19-12-23(3)11-10-17(13)24(18,19)31-30-23/h4-7,13-14,17-19,22H,8-12H2,1-3H3/t13-,14-,17?,18?,19-,22-,23-,24-/m1/s1. The molecule has 2 aliphatic carbocycles. The smallest absolute Gasteiger partial charge is 0.285 e. The minimum Gasteiger partial charge on any atom is -0.343 e. The lowest BCUT2D eigenvalue weighted by Crippen LogP contribution is -2.70. The van der Waals surface area contributed by atoms with Gasteiger partial charge in [-0.1, -0.05) is 26.0 Å². The van der Waals surface area contributed by atoms with Crippen molar-refractivity contribution in [1.29, 1.82) is 0 Å². The fraction of sp³-hybridized carbons (Fsp3) is 0.667. The van der Waals surface area contributed by atoms with E-state index in [-0.39, 0.29) is 17.9 Å². The van der Waals surface area contributed by atoms with Gasteiger partial charge in [0.1, 0.15) is 11.2 Å². The van der Waals surface area contributed by atoms with Crippen LogP contribution in [-0.4, -0.2) is 40.5 Å². The Labute approximate surface area is 181 Å². The first-order valence-electron chi connectivity index (χ1n) is 11.5. The van der Waals surface area contributed by atoms with Crippen LogP contribution in [-0.2, 0) is 19.3 Å². The second kappa shape index (κ2) is 6.61. The van der Waals surface area contributed by atoms with Crippen LogP contribution in [0.4, 0.5) is 0 Å². The molecule has 2 amide bonds. The molecule has 166 valence electrons. The van der Waals surface area contributed by atoms with E-state index in [0.29, 0.717) is 23.0 Å². The molecule has 8 atom stereocenters. The molecule has 1 aromatic carbocycles. The Kier molecular flexibility index (Phi) is 4.23. The van der Waals surface area contributed by atoms with Gasteiger partial charge in [0.15, 0.2) is 6.29 Å². The maximum Gasteiger partial charge on any atom is 0.285 e. The monoisotopic (exact) mass is 427 g/mol. The van der Waals surface area contributed by atoms with E-state index in [1.165, 1.54) is 0 Å². The summed E-state index contributed by atoms with van der Waals surface area (Å²) in [6, 6.07) is 6.81. The van der Waals surface area contributed by atoms with Crippen molar-refractivity contribution >= 4 is 11.8 Å². The third-order valence-corrected chi connectivity index (χ3v) is 8.60. The van der Waals surface area contributed by atoms with Gasteiger partial charge in [-0.3, -0.25) is 9.59 Å². The number of imide groups is 1. The molecule has 6 aliphatic rings. The predicted octanol–water partition coefficient (Wildman–Crippen LogP) is 3.88. The molecule has 5 fully saturated rings. The summed E-state index contributed by atoms with van der Waals surface area (Å²) in [6.07, 6.45) is 3.95. The minimum absolute atomic E-state index is 0.0541. The van der Waals surface area contributed by atoms with Crippen molar-refractivity contribution in [2.24, 2.45) is 23.7 Å². The number of rotatable bonds is 2. The number of carbonyl (C=O) groups is 2. The number of hydrogen-bond donors (Lipinski definition) is 0. The lowest BCUT2D eigenvalue weighted by atomic mass is 9.56. The van der Waals surface area contributed by atoms with Crippen LogP contribution in [0, 0.1) is 23.7 Å². The van der Waals surface area contributed by atoms with Gasteiger partial charge in [-0.25, -0.2) is 14.6 Å². The van der Waals surface area contributed by atoms with Crippen molar-refractivity contribution in [3.8, 4) is 0 Å². The Balaban J connectivity index is 1.32. The van der Waals surface area contributed by atoms with Gasteiger partial charge in [0.2, 0.25) is 0 Å². The molecule has 7 heteroatoms. The lowest BCUT2D eigenvalue weighted by molar-refractivity contribution is -0.499. The van der Waals surface area contributed by atoms with Crippen LogP contribution in [0.3, 0.4) is 0 Å². The largest absolute Gasteiger partial charge is 0.343 e. The van der Waals surface area contributed by atoms with Gasteiger partial charge in [0.05, 0.1) is 17.2 Å². The van der Waals surface area contributed by atoms with Gasteiger partial charge in [0.25, 0.3) is 11.8 Å². The molecule has 0 N–H and O–H groups in total. The van der Waals surface area contributed by atoms with Crippen LogP contribution < -0.4 is 0 Å². The van der Waals surface area contributed by atoms with Gasteiger partial charge in [-0.2, -0.15) is 0 Å². The molecular weight excluding hydrogens is 398 g/mol. The quantitative estimate of drug-likeness (QED) is 0.527. The molecule has 7 rings (SSSR count). The zero-order valence-electron chi connectivity index (χ0n) is 18.2. The van der Waals surface area contributed by atoms with Crippen LogP contribution in [0.2, 0.25) is 0 Å². The fourth-order valence-electron chi connectivity index (χ4n) is 6.91. The second-order valence-corrected chi connectivity index (χ2v) is 10.4. The zero-order valence-corrected chi connectivity index (χ0v) is 18.2. The number of carbonyl (C=O) groups excluding carboxylic acids is 2. The van der Waals surface area contributed by atoms with Gasteiger partial charge >= 0.3 is 0 Å². The molecule has 2 bridgehead atoms. The third kappa shape index (κ3) is 2.61. The Morgan fingerprint density at radius 2 is 1.71 bits per heavy atom. The summed E-state index contributed by atoms with van der Waals surface area (Å²) < 4.78 is 6.54. The molecule has 2 unspecified atom stereocenters. The molecule has 3 saturated heterocycles. The van der Waals surface area contributed by atoms with Crippen molar-refractivity contribution in [2.75, 3.05) is 0 Å². The number of nitrogens with zero attached hydrogens (tertiary/aromatic N) is 1. The summed E-state index contributed by atoms with van der Waals surface area (Å²) in [6.45, 7) is 6.47. The van der Waals surface area contributed by atoms with Gasteiger partial charge in [0, 0.05) is 18.3 Å². The zero-order chi connectivity index (χ0) is 21.5. The number of ether oxygens (including phenoxy) is 1. The number of fused-ring (bicyclic) bond motifs is 3. The topological polar surface area (TPSA) is 74.3 Å². The van der Waals surface area contributed by atoms with E-state index in [1.54, 1.807) is 24.3 Å². The minimum atomic E-state index is -0.691. The van der Waals surface area contributed by atoms with E-state index in [2.05, 4.69) is 20.8 Å². The highest BCUT2D eigenvalue weighted by Crippen LogP contribution is 2.61. The Bertz CT molecular complexity index is 915. The number of hydrogen-bond acceptors (Lipinski definition) is 6. The highest BCUT2D eigenvalue weighted by molar-refractivity contribution is 6.20. The van der Waals surface area contributed by atoms with Crippen molar-refractivity contribution in [3.63, 3.8) is 0 Å². The predicted molar refractivity (Wildman–Crippen MR) is 108 cm³/mol. The molecule has 0 radical (unpaired) electrons. The van der Waals surface area contributed by atoms with Gasteiger partial charge in [-0.15, -0.1) is 5.06 Å². The molecule has 1 aromatic rings. The SMILES string of the molecule is C[C@@H]1CCC2[C@@H](C)[C@@H](ON3C(=O)c4ccccc4C3=O)O[C@@H]3C[C@@]4(C)CCC1[C@@]23OO4. The molecule has 2 saturated carbocycles. The van der Waals surface area contributed by atoms with Crippen molar-refractivity contribution < 1.29 is 28.9 Å². The molecular formula is C24H29NO6. The van der Waals surface area contributed by atoms with Gasteiger partial charge in [-0.05, 0) is 56.6 Å². The summed E-state index contributed by atoms with van der Waals surface area (Å²) in [4.78, 5) is 44.0. The fourth-order valence-corrected chi connectivity index (χ4v) is 6.91. The molecule has 0 aromatic heterocycles. The lowest BCUT2D eigenvalue weighted by Gasteiger charge is -2.60. The van der Waals surface area contributed by atoms with Crippen LogP contribution >= 0.6 is 0 Å². The summed E-state index contributed by atoms with van der Waals surface area (Å²) in [7, 11) is 0. The average Bonchev–Trinajstić information content (AvgIpc) is 2.88. The summed E-state index contributed by atoms with van der Waals surface area (Å²) in [5.41, 5.74) is -0.138. The Morgan fingerprint density at radius 3 is 2.42 bits per heavy atom.